The number of benzene rings is 3. The van der Waals surface area contributed by atoms with Crippen LogP contribution in [0, 0.1) is 0 Å². The van der Waals surface area contributed by atoms with Crippen molar-refractivity contribution in [2.45, 2.75) is 44.3 Å². The van der Waals surface area contributed by atoms with Gasteiger partial charge in [0.25, 0.3) is 0 Å². The Labute approximate surface area is 267 Å². The number of ether oxygens (including phenoxy) is 1. The number of amides is 4. The lowest BCUT2D eigenvalue weighted by molar-refractivity contribution is -0.128. The van der Waals surface area contributed by atoms with E-state index >= 15 is 0 Å². The second-order valence-corrected chi connectivity index (χ2v) is 10.5. The van der Waals surface area contributed by atoms with Gasteiger partial charge in [-0.05, 0) is 61.2 Å². The van der Waals surface area contributed by atoms with Gasteiger partial charge in [-0.2, -0.15) is 5.10 Å². The molecule has 0 saturated heterocycles. The van der Waals surface area contributed by atoms with Crippen molar-refractivity contribution in [3.8, 4) is 11.4 Å². The molecule has 0 bridgehead atoms. The number of nitrogens with zero attached hydrogens (tertiary/aromatic N) is 5. The van der Waals surface area contributed by atoms with Crippen molar-refractivity contribution < 1.29 is 19.1 Å². The zero-order valence-electron chi connectivity index (χ0n) is 25.7. The predicted molar refractivity (Wildman–Crippen MR) is 174 cm³/mol. The minimum Gasteiger partial charge on any atom is -0.497 e. The fourth-order valence-electron chi connectivity index (χ4n) is 4.56. The number of hydrazone groups is 1. The third-order valence-corrected chi connectivity index (χ3v) is 7.07. The van der Waals surface area contributed by atoms with Crippen LogP contribution in [0.2, 0.25) is 0 Å². The van der Waals surface area contributed by atoms with Crippen LogP contribution in [-0.4, -0.2) is 69.8 Å². The second-order valence-electron chi connectivity index (χ2n) is 10.5. The smallest absolute Gasteiger partial charge is 0.338 e. The van der Waals surface area contributed by atoms with Gasteiger partial charge in [0.05, 0.1) is 31.8 Å². The van der Waals surface area contributed by atoms with Crippen LogP contribution in [0.25, 0.3) is 5.69 Å². The number of urea groups is 1. The molecule has 0 spiro atoms. The lowest BCUT2D eigenvalue weighted by Gasteiger charge is -2.24. The van der Waals surface area contributed by atoms with E-state index in [2.05, 4.69) is 26.0 Å². The van der Waals surface area contributed by atoms with Crippen LogP contribution in [-0.2, 0) is 22.6 Å². The van der Waals surface area contributed by atoms with Gasteiger partial charge in [-0.25, -0.2) is 14.5 Å². The highest BCUT2D eigenvalue weighted by Gasteiger charge is 2.28. The van der Waals surface area contributed by atoms with Crippen molar-refractivity contribution in [1.82, 2.24) is 30.6 Å². The van der Waals surface area contributed by atoms with Crippen molar-refractivity contribution in [1.29, 1.82) is 0 Å². The second kappa shape index (κ2) is 17.1. The average Bonchev–Trinajstić information content (AvgIpc) is 3.55. The minimum atomic E-state index is -1.05. The van der Waals surface area contributed by atoms with E-state index in [0.717, 1.165) is 16.8 Å². The summed E-state index contributed by atoms with van der Waals surface area (Å²) in [5, 5.41) is 19.6. The maximum Gasteiger partial charge on any atom is 0.338 e. The van der Waals surface area contributed by atoms with Gasteiger partial charge in [0.15, 0.2) is 0 Å². The molecular weight excluding hydrogens is 586 g/mol. The summed E-state index contributed by atoms with van der Waals surface area (Å²) in [6, 6.07) is 23.2. The van der Waals surface area contributed by atoms with Crippen LogP contribution in [0.5, 0.6) is 5.75 Å². The molecule has 0 radical (unpaired) electrons. The summed E-state index contributed by atoms with van der Waals surface area (Å²) in [6.07, 6.45) is 5.02. The molecule has 0 fully saturated rings. The molecule has 4 amide bonds. The molecule has 0 aliphatic rings. The highest BCUT2D eigenvalue weighted by Crippen LogP contribution is 2.15. The number of nitrogens with one attached hydrogen (secondary N) is 2. The molecule has 4 aromatic rings. The predicted octanol–water partition coefficient (Wildman–Crippen LogP) is 2.53. The summed E-state index contributed by atoms with van der Waals surface area (Å²) in [5.41, 5.74) is 14.0. The van der Waals surface area contributed by atoms with Crippen LogP contribution in [0.4, 0.5) is 4.79 Å². The lowest BCUT2D eigenvalue weighted by atomic mass is 10.0. The number of methoxy groups -OCH3 is 1. The van der Waals surface area contributed by atoms with Crippen LogP contribution < -0.4 is 26.8 Å². The first-order chi connectivity index (χ1) is 22.4. The Morgan fingerprint density at radius 2 is 1.65 bits per heavy atom. The van der Waals surface area contributed by atoms with Gasteiger partial charge in [-0.3, -0.25) is 9.59 Å². The minimum absolute atomic E-state index is 0.0476. The summed E-state index contributed by atoms with van der Waals surface area (Å²) in [7, 11) is 1.59. The Hall–Kier alpha value is -5.56. The summed E-state index contributed by atoms with van der Waals surface area (Å²) in [6.45, 7) is 0.410. The maximum atomic E-state index is 13.8. The molecule has 46 heavy (non-hydrogen) atoms. The van der Waals surface area contributed by atoms with Crippen molar-refractivity contribution in [3.63, 3.8) is 0 Å². The maximum absolute atomic E-state index is 13.8. The number of carbonyl (C=O) groups is 3. The highest BCUT2D eigenvalue weighted by molar-refractivity contribution is 5.91. The summed E-state index contributed by atoms with van der Waals surface area (Å²) >= 11 is 0. The number of rotatable bonds is 16. The molecule has 1 aromatic heterocycles. The Kier molecular flexibility index (Phi) is 12.4. The molecule has 240 valence electrons. The molecule has 2 atom stereocenters. The molecule has 13 heteroatoms. The number of carbonyl (C=O) groups excluding carboxylic acids is 3. The highest BCUT2D eigenvalue weighted by atomic mass is 16.5. The van der Waals surface area contributed by atoms with Gasteiger partial charge in [0, 0.05) is 6.42 Å². The first-order valence-corrected chi connectivity index (χ1v) is 14.9. The van der Waals surface area contributed by atoms with Crippen molar-refractivity contribution in [2.24, 2.45) is 16.6 Å². The summed E-state index contributed by atoms with van der Waals surface area (Å²) in [5.74, 6) is -0.510. The lowest BCUT2D eigenvalue weighted by Crippen LogP contribution is -2.55. The normalized spacial score (nSPS) is 12.3. The fourth-order valence-corrected chi connectivity index (χ4v) is 4.56. The van der Waals surface area contributed by atoms with E-state index in [9.17, 15) is 14.4 Å². The summed E-state index contributed by atoms with van der Waals surface area (Å²) in [4.78, 5) is 39.5. The Morgan fingerprint density at radius 3 is 2.30 bits per heavy atom. The van der Waals surface area contributed by atoms with E-state index in [0.29, 0.717) is 37.3 Å². The molecule has 3 aromatic carbocycles. The summed E-state index contributed by atoms with van der Waals surface area (Å²) < 4.78 is 6.80. The Morgan fingerprint density at radius 1 is 0.957 bits per heavy atom. The van der Waals surface area contributed by atoms with E-state index in [1.807, 2.05) is 72.8 Å². The first-order valence-electron chi connectivity index (χ1n) is 14.9. The van der Waals surface area contributed by atoms with Crippen LogP contribution in [0.1, 0.15) is 36.1 Å². The molecule has 13 nitrogen and oxygen atoms in total. The largest absolute Gasteiger partial charge is 0.497 e. The number of unbranched alkanes of at least 4 members (excludes halogenated alkanes) is 1. The van der Waals surface area contributed by atoms with Crippen molar-refractivity contribution in [3.05, 3.63) is 108 Å². The van der Waals surface area contributed by atoms with Crippen molar-refractivity contribution >= 4 is 24.1 Å². The van der Waals surface area contributed by atoms with Gasteiger partial charge in [-0.15, -0.1) is 5.10 Å². The topological polar surface area (TPSA) is 183 Å². The van der Waals surface area contributed by atoms with Gasteiger partial charge in [0.2, 0.25) is 11.8 Å². The van der Waals surface area contributed by atoms with E-state index in [1.54, 1.807) is 36.3 Å². The number of hydrogen-bond acceptors (Lipinski definition) is 8. The third kappa shape index (κ3) is 9.99. The quantitative estimate of drug-likeness (QED) is 0.0838. The van der Waals surface area contributed by atoms with E-state index < -0.39 is 29.9 Å². The van der Waals surface area contributed by atoms with Crippen LogP contribution >= 0.6 is 0 Å². The average molecular weight is 626 g/mol. The zero-order valence-corrected chi connectivity index (χ0v) is 25.7. The van der Waals surface area contributed by atoms with Crippen LogP contribution in [0.3, 0.4) is 0 Å². The SMILES string of the molecule is COc1ccc(-n2cc(CN(/N=C/c3ccccc3)C(=O)N[C@H](Cc3ccccc3)C(=O)N[C@@H](CCCCN)C(N)=O)nn2)cc1. The van der Waals surface area contributed by atoms with Crippen LogP contribution in [0.15, 0.2) is 96.2 Å². The third-order valence-electron chi connectivity index (χ3n) is 7.07. The van der Waals surface area contributed by atoms with Gasteiger partial charge in [0.1, 0.15) is 23.5 Å². The van der Waals surface area contributed by atoms with E-state index in [-0.39, 0.29) is 13.0 Å². The van der Waals surface area contributed by atoms with E-state index in [1.165, 1.54) is 5.01 Å². The van der Waals surface area contributed by atoms with Gasteiger partial charge < -0.3 is 26.8 Å². The Balaban J connectivity index is 1.57. The molecule has 4 rings (SSSR count). The molecular formula is C33H39N9O4. The number of aromatic nitrogens is 3. The molecule has 0 aliphatic carbocycles. The standard InChI is InChI=1S/C33H39N9O4/c1-46-28-17-15-27(16-18-28)41-22-26(39-40-41)23-42(36-21-25-12-6-3-7-13-25)33(45)38-30(20-24-10-4-2-5-11-24)32(44)37-29(31(35)43)14-8-9-19-34/h2-7,10-13,15-18,21-22,29-30H,8-9,14,19-20,23,34H2,1H3,(H2,35,43)(H,37,44)(H,38,45)/b36-21+/t29-,30+/m0/s1. The molecule has 0 aliphatic heterocycles. The first kappa shape index (κ1) is 33.3. The number of nitrogens with two attached hydrogens (primary N) is 2. The van der Waals surface area contributed by atoms with Gasteiger partial charge >= 0.3 is 6.03 Å². The van der Waals surface area contributed by atoms with E-state index in [4.69, 9.17) is 16.2 Å². The number of hydrogen-bond donors (Lipinski definition) is 4. The zero-order chi connectivity index (χ0) is 32.7. The van der Waals surface area contributed by atoms with Crippen molar-refractivity contribution in [2.75, 3.05) is 13.7 Å². The molecule has 0 unspecified atom stereocenters. The Bertz CT molecular complexity index is 1580. The monoisotopic (exact) mass is 625 g/mol. The fraction of sp³-hybridized carbons (Fsp3) is 0.273. The van der Waals surface area contributed by atoms with Gasteiger partial charge in [-0.1, -0.05) is 65.9 Å². The number of primary amides is 1. The molecule has 0 saturated carbocycles. The molecule has 6 N–H and O–H groups in total. The molecule has 1 heterocycles.